The average molecular weight is 390 g/mol. The van der Waals surface area contributed by atoms with Gasteiger partial charge in [0.25, 0.3) is 0 Å². The summed E-state index contributed by atoms with van der Waals surface area (Å²) >= 11 is 0. The van der Waals surface area contributed by atoms with E-state index in [4.69, 9.17) is 4.74 Å². The number of carbonyl (C=O) groups excluding carboxylic acids is 1. The Morgan fingerprint density at radius 1 is 1.10 bits per heavy atom. The maximum absolute atomic E-state index is 12.2. The average Bonchev–Trinajstić information content (AvgIpc) is 2.94. The van der Waals surface area contributed by atoms with Gasteiger partial charge < -0.3 is 10.1 Å². The van der Waals surface area contributed by atoms with Gasteiger partial charge in [0.1, 0.15) is 5.75 Å². The van der Waals surface area contributed by atoms with Crippen molar-refractivity contribution in [3.05, 3.63) is 41.2 Å². The van der Waals surface area contributed by atoms with E-state index >= 15 is 0 Å². The second-order valence-corrected chi connectivity index (χ2v) is 7.98. The molecule has 0 aliphatic heterocycles. The molecular formula is C23H26N4O2. The third-order valence-corrected chi connectivity index (χ3v) is 5.74. The van der Waals surface area contributed by atoms with Gasteiger partial charge in [-0.3, -0.25) is 4.79 Å². The van der Waals surface area contributed by atoms with Crippen LogP contribution in [0.1, 0.15) is 73.0 Å². The number of carbonyl (C=O) groups is 1. The summed E-state index contributed by atoms with van der Waals surface area (Å²) < 4.78 is 6.01. The lowest BCUT2D eigenvalue weighted by Crippen LogP contribution is -2.15. The Morgan fingerprint density at radius 3 is 2.76 bits per heavy atom. The zero-order chi connectivity index (χ0) is 20.1. The molecule has 0 atom stereocenters. The molecule has 6 heteroatoms. The highest BCUT2D eigenvalue weighted by Gasteiger charge is 2.18. The van der Waals surface area contributed by atoms with Crippen molar-refractivity contribution in [1.29, 1.82) is 5.26 Å². The first kappa shape index (κ1) is 19.4. The van der Waals surface area contributed by atoms with Gasteiger partial charge in [0.05, 0.1) is 29.5 Å². The molecule has 1 saturated carbocycles. The van der Waals surface area contributed by atoms with Crippen LogP contribution in [0.15, 0.2) is 24.4 Å². The third kappa shape index (κ3) is 4.92. The number of ketones is 1. The van der Waals surface area contributed by atoms with Crippen molar-refractivity contribution in [3.8, 4) is 11.8 Å². The molecule has 6 nitrogen and oxygen atoms in total. The van der Waals surface area contributed by atoms with Crippen molar-refractivity contribution < 1.29 is 9.53 Å². The lowest BCUT2D eigenvalue weighted by atomic mass is 9.90. The quantitative estimate of drug-likeness (QED) is 0.726. The second kappa shape index (κ2) is 9.04. The standard InChI is InChI=1S/C23H26N4O2/c24-13-17-10-18(12-19(11-17)29-15-16-6-2-1-3-7-16)26-23-25-14-20-21(27-23)8-4-5-9-22(20)28/h10-12,14,16H,1-9,15H2,(H,25,26,27). The van der Waals surface area contributed by atoms with E-state index in [0.29, 0.717) is 47.5 Å². The molecule has 0 bridgehead atoms. The molecule has 4 rings (SSSR count). The number of aromatic nitrogens is 2. The predicted octanol–water partition coefficient (Wildman–Crippen LogP) is 4.96. The normalized spacial score (nSPS) is 17.1. The molecule has 0 amide bonds. The van der Waals surface area contributed by atoms with E-state index in [9.17, 15) is 10.1 Å². The number of nitriles is 1. The maximum Gasteiger partial charge on any atom is 0.227 e. The van der Waals surface area contributed by atoms with Crippen LogP contribution in [0.25, 0.3) is 0 Å². The summed E-state index contributed by atoms with van der Waals surface area (Å²) in [6.07, 6.45) is 11.1. The Hall–Kier alpha value is -2.94. The number of anilines is 2. The number of rotatable bonds is 5. The van der Waals surface area contributed by atoms with Crippen molar-refractivity contribution in [3.63, 3.8) is 0 Å². The highest BCUT2D eigenvalue weighted by molar-refractivity contribution is 5.97. The number of nitrogens with one attached hydrogen (secondary N) is 1. The SMILES string of the molecule is N#Cc1cc(Nc2ncc3c(n2)CCCCC3=O)cc(OCC2CCCCC2)c1. The Morgan fingerprint density at radius 2 is 1.93 bits per heavy atom. The summed E-state index contributed by atoms with van der Waals surface area (Å²) in [5.41, 5.74) is 2.67. The van der Waals surface area contributed by atoms with E-state index in [2.05, 4.69) is 21.4 Å². The van der Waals surface area contributed by atoms with Gasteiger partial charge in [-0.2, -0.15) is 5.26 Å². The zero-order valence-corrected chi connectivity index (χ0v) is 16.6. The fraction of sp³-hybridized carbons (Fsp3) is 0.478. The molecule has 150 valence electrons. The van der Waals surface area contributed by atoms with Crippen molar-refractivity contribution in [2.24, 2.45) is 5.92 Å². The second-order valence-electron chi connectivity index (χ2n) is 7.98. The molecular weight excluding hydrogens is 364 g/mol. The number of fused-ring (bicyclic) bond motifs is 1. The smallest absolute Gasteiger partial charge is 0.227 e. The van der Waals surface area contributed by atoms with Crippen molar-refractivity contribution in [1.82, 2.24) is 9.97 Å². The summed E-state index contributed by atoms with van der Waals surface area (Å²) in [6, 6.07) is 7.59. The van der Waals surface area contributed by atoms with Crippen LogP contribution in [0.4, 0.5) is 11.6 Å². The van der Waals surface area contributed by atoms with Gasteiger partial charge in [0.15, 0.2) is 5.78 Å². The molecule has 29 heavy (non-hydrogen) atoms. The first-order valence-corrected chi connectivity index (χ1v) is 10.6. The van der Waals surface area contributed by atoms with Crippen LogP contribution < -0.4 is 10.1 Å². The highest BCUT2D eigenvalue weighted by Crippen LogP contribution is 2.27. The fourth-order valence-corrected chi connectivity index (χ4v) is 4.13. The van der Waals surface area contributed by atoms with E-state index in [1.54, 1.807) is 18.3 Å². The molecule has 1 aromatic heterocycles. The molecule has 0 spiro atoms. The molecule has 1 heterocycles. The minimum Gasteiger partial charge on any atom is -0.493 e. The number of aryl methyl sites for hydroxylation is 1. The Labute approximate surface area is 171 Å². The number of benzene rings is 1. The van der Waals surface area contributed by atoms with Gasteiger partial charge in [-0.05, 0) is 50.2 Å². The Kier molecular flexibility index (Phi) is 6.04. The minimum absolute atomic E-state index is 0.119. The predicted molar refractivity (Wildman–Crippen MR) is 110 cm³/mol. The van der Waals surface area contributed by atoms with Crippen molar-refractivity contribution in [2.45, 2.75) is 57.8 Å². The summed E-state index contributed by atoms with van der Waals surface area (Å²) in [6.45, 7) is 0.686. The van der Waals surface area contributed by atoms with Gasteiger partial charge in [0, 0.05) is 24.4 Å². The highest BCUT2D eigenvalue weighted by atomic mass is 16.5. The molecule has 2 aromatic rings. The molecule has 1 fully saturated rings. The van der Waals surface area contributed by atoms with Crippen LogP contribution in [0.2, 0.25) is 0 Å². The van der Waals surface area contributed by atoms with Crippen molar-refractivity contribution in [2.75, 3.05) is 11.9 Å². The van der Waals surface area contributed by atoms with Gasteiger partial charge >= 0.3 is 0 Å². The number of hydrogen-bond acceptors (Lipinski definition) is 6. The topological polar surface area (TPSA) is 87.9 Å². The molecule has 2 aliphatic rings. The molecule has 1 aromatic carbocycles. The maximum atomic E-state index is 12.2. The number of Topliss-reactive ketones (excluding diaryl/α,β-unsaturated/α-hetero) is 1. The van der Waals surface area contributed by atoms with Crippen LogP contribution in [0, 0.1) is 17.2 Å². The van der Waals surface area contributed by atoms with Crippen LogP contribution in [-0.2, 0) is 6.42 Å². The lowest BCUT2D eigenvalue weighted by Gasteiger charge is -2.21. The summed E-state index contributed by atoms with van der Waals surface area (Å²) in [4.78, 5) is 21.0. The summed E-state index contributed by atoms with van der Waals surface area (Å²) in [7, 11) is 0. The molecule has 0 saturated heterocycles. The lowest BCUT2D eigenvalue weighted by molar-refractivity contribution is 0.0981. The molecule has 1 N–H and O–H groups in total. The summed E-state index contributed by atoms with van der Waals surface area (Å²) in [5.74, 6) is 1.83. The number of ether oxygens (including phenoxy) is 1. The molecule has 0 radical (unpaired) electrons. The van der Waals surface area contributed by atoms with Gasteiger partial charge in [-0.25, -0.2) is 9.97 Å². The monoisotopic (exact) mass is 390 g/mol. The van der Waals surface area contributed by atoms with Crippen LogP contribution in [-0.4, -0.2) is 22.4 Å². The summed E-state index contributed by atoms with van der Waals surface area (Å²) in [5, 5.41) is 12.6. The minimum atomic E-state index is 0.119. The molecule has 2 aliphatic carbocycles. The fourth-order valence-electron chi connectivity index (χ4n) is 4.13. The van der Waals surface area contributed by atoms with E-state index in [1.807, 2.05) is 6.07 Å². The van der Waals surface area contributed by atoms with Crippen molar-refractivity contribution >= 4 is 17.4 Å². The zero-order valence-electron chi connectivity index (χ0n) is 16.6. The van der Waals surface area contributed by atoms with E-state index in [0.717, 1.165) is 25.0 Å². The number of nitrogens with zero attached hydrogens (tertiary/aromatic N) is 3. The largest absolute Gasteiger partial charge is 0.493 e. The van der Waals surface area contributed by atoms with Gasteiger partial charge in [-0.1, -0.05) is 19.3 Å². The van der Waals surface area contributed by atoms with E-state index in [-0.39, 0.29) is 5.78 Å². The Balaban J connectivity index is 1.50. The van der Waals surface area contributed by atoms with Gasteiger partial charge in [0.2, 0.25) is 5.95 Å². The molecule has 0 unspecified atom stereocenters. The van der Waals surface area contributed by atoms with Crippen LogP contribution in [0.5, 0.6) is 5.75 Å². The first-order valence-electron chi connectivity index (χ1n) is 10.6. The number of hydrogen-bond donors (Lipinski definition) is 1. The van der Waals surface area contributed by atoms with E-state index in [1.165, 1.54) is 32.1 Å². The first-order chi connectivity index (χ1) is 14.2. The third-order valence-electron chi connectivity index (χ3n) is 5.74. The van der Waals surface area contributed by atoms with Crippen LogP contribution in [0.3, 0.4) is 0 Å². The van der Waals surface area contributed by atoms with E-state index < -0.39 is 0 Å². The Bertz CT molecular complexity index is 929. The van der Waals surface area contributed by atoms with Crippen LogP contribution >= 0.6 is 0 Å². The van der Waals surface area contributed by atoms with Gasteiger partial charge in [-0.15, -0.1) is 0 Å².